The lowest BCUT2D eigenvalue weighted by Crippen LogP contribution is -2.39. The molecule has 23 heavy (non-hydrogen) atoms. The summed E-state index contributed by atoms with van der Waals surface area (Å²) in [5, 5.41) is 4.99. The van der Waals surface area contributed by atoms with Gasteiger partial charge in [0.15, 0.2) is 0 Å². The van der Waals surface area contributed by atoms with Gasteiger partial charge in [-0.25, -0.2) is 4.98 Å². The molecule has 9 heteroatoms. The molecule has 2 aromatic rings. The largest absolute Gasteiger partial charge is 0.334 e. The van der Waals surface area contributed by atoms with E-state index in [1.54, 1.807) is 10.9 Å². The highest BCUT2D eigenvalue weighted by atomic mass is 35.5. The van der Waals surface area contributed by atoms with Crippen molar-refractivity contribution in [2.45, 2.75) is 25.8 Å². The molecule has 0 aliphatic carbocycles. The van der Waals surface area contributed by atoms with Crippen LogP contribution in [0.1, 0.15) is 28.2 Å². The number of carbonyl (C=O) groups excluding carboxylic acids is 1. The van der Waals surface area contributed by atoms with Crippen LogP contribution in [-0.4, -0.2) is 44.7 Å². The minimum Gasteiger partial charge on any atom is -0.334 e. The summed E-state index contributed by atoms with van der Waals surface area (Å²) in [6.07, 6.45) is 5.70. The Morgan fingerprint density at radius 1 is 1.48 bits per heavy atom. The lowest BCUT2D eigenvalue weighted by molar-refractivity contribution is 0.0745. The molecule has 2 aromatic heterocycles. The van der Waals surface area contributed by atoms with Crippen LogP contribution in [0.25, 0.3) is 10.6 Å². The lowest BCUT2D eigenvalue weighted by Gasteiger charge is -2.22. The van der Waals surface area contributed by atoms with Crippen molar-refractivity contribution in [1.82, 2.24) is 19.7 Å². The molecule has 1 fully saturated rings. The number of nitrogens with two attached hydrogens (primary N) is 1. The summed E-state index contributed by atoms with van der Waals surface area (Å²) in [6, 6.07) is 0.167. The first kappa shape index (κ1) is 19.9. The number of hydrogen-bond donors (Lipinski definition) is 1. The summed E-state index contributed by atoms with van der Waals surface area (Å²) in [6.45, 7) is 3.20. The van der Waals surface area contributed by atoms with Gasteiger partial charge in [0, 0.05) is 37.9 Å². The second kappa shape index (κ2) is 8.10. The van der Waals surface area contributed by atoms with Gasteiger partial charge in [-0.05, 0) is 19.8 Å². The zero-order valence-electron chi connectivity index (χ0n) is 13.1. The Bertz CT molecular complexity index is 672. The summed E-state index contributed by atoms with van der Waals surface area (Å²) in [5.74, 6) is 0.0630. The van der Waals surface area contributed by atoms with Crippen molar-refractivity contribution in [2.75, 3.05) is 13.1 Å². The van der Waals surface area contributed by atoms with Gasteiger partial charge >= 0.3 is 0 Å². The van der Waals surface area contributed by atoms with E-state index in [0.717, 1.165) is 35.7 Å². The molecule has 1 amide bonds. The van der Waals surface area contributed by atoms with Crippen LogP contribution in [-0.2, 0) is 7.05 Å². The molecule has 1 saturated heterocycles. The molecular weight excluding hydrogens is 357 g/mol. The van der Waals surface area contributed by atoms with Crippen LogP contribution in [0.2, 0.25) is 0 Å². The number of amides is 1. The smallest absolute Gasteiger partial charge is 0.266 e. The predicted molar refractivity (Wildman–Crippen MR) is 96.7 cm³/mol. The molecule has 3 heterocycles. The van der Waals surface area contributed by atoms with E-state index in [9.17, 15) is 4.79 Å². The van der Waals surface area contributed by atoms with Gasteiger partial charge in [0.05, 0.1) is 11.9 Å². The SMILES string of the molecule is Cc1nc(-c2cnn(C)c2)sc1C(=O)N1CCCC1CN.Cl.Cl. The third-order valence-electron chi connectivity index (χ3n) is 3.85. The van der Waals surface area contributed by atoms with E-state index in [1.165, 1.54) is 11.3 Å². The molecule has 2 N–H and O–H groups in total. The van der Waals surface area contributed by atoms with E-state index in [-0.39, 0.29) is 36.8 Å². The monoisotopic (exact) mass is 377 g/mol. The van der Waals surface area contributed by atoms with Crippen LogP contribution in [0, 0.1) is 6.92 Å². The quantitative estimate of drug-likeness (QED) is 0.889. The number of carbonyl (C=O) groups is 1. The lowest BCUT2D eigenvalue weighted by atomic mass is 10.2. The molecule has 1 aliphatic heterocycles. The Hall–Kier alpha value is -1.15. The number of hydrogen-bond acceptors (Lipinski definition) is 5. The van der Waals surface area contributed by atoms with E-state index in [1.807, 2.05) is 25.1 Å². The molecule has 128 valence electrons. The van der Waals surface area contributed by atoms with Crippen molar-refractivity contribution >= 4 is 42.1 Å². The van der Waals surface area contributed by atoms with Gasteiger partial charge in [0.25, 0.3) is 5.91 Å². The van der Waals surface area contributed by atoms with Crippen LogP contribution >= 0.6 is 36.2 Å². The molecule has 0 radical (unpaired) electrons. The van der Waals surface area contributed by atoms with Crippen LogP contribution in [0.15, 0.2) is 12.4 Å². The van der Waals surface area contributed by atoms with Crippen LogP contribution < -0.4 is 5.73 Å². The van der Waals surface area contributed by atoms with Crippen LogP contribution in [0.3, 0.4) is 0 Å². The maximum Gasteiger partial charge on any atom is 0.266 e. The average molecular weight is 378 g/mol. The van der Waals surface area contributed by atoms with E-state index in [4.69, 9.17) is 5.73 Å². The van der Waals surface area contributed by atoms with Gasteiger partial charge in [0.2, 0.25) is 0 Å². The van der Waals surface area contributed by atoms with Crippen LogP contribution in [0.5, 0.6) is 0 Å². The van der Waals surface area contributed by atoms with E-state index < -0.39 is 0 Å². The highest BCUT2D eigenvalue weighted by Gasteiger charge is 2.30. The molecule has 1 aliphatic rings. The number of halogens is 2. The van der Waals surface area contributed by atoms with E-state index in [2.05, 4.69) is 10.1 Å². The third-order valence-corrected chi connectivity index (χ3v) is 5.05. The topological polar surface area (TPSA) is 77.0 Å². The Kier molecular flexibility index (Phi) is 7.01. The average Bonchev–Trinajstić information content (AvgIpc) is 3.16. The first-order valence-corrected chi connectivity index (χ1v) is 7.89. The Labute approximate surface area is 151 Å². The molecule has 3 rings (SSSR count). The number of rotatable bonds is 3. The van der Waals surface area contributed by atoms with Crippen molar-refractivity contribution in [3.05, 3.63) is 23.0 Å². The highest BCUT2D eigenvalue weighted by Crippen LogP contribution is 2.30. The van der Waals surface area contributed by atoms with E-state index in [0.29, 0.717) is 11.4 Å². The Balaban J connectivity index is 0.00000132. The predicted octanol–water partition coefficient (Wildman–Crippen LogP) is 2.26. The molecule has 1 atom stereocenters. The minimum atomic E-state index is 0. The van der Waals surface area contributed by atoms with E-state index >= 15 is 0 Å². The van der Waals surface area contributed by atoms with Crippen molar-refractivity contribution in [3.63, 3.8) is 0 Å². The van der Waals surface area contributed by atoms with Crippen molar-refractivity contribution in [1.29, 1.82) is 0 Å². The van der Waals surface area contributed by atoms with Crippen molar-refractivity contribution in [2.24, 2.45) is 12.8 Å². The Morgan fingerprint density at radius 2 is 2.22 bits per heavy atom. The first-order chi connectivity index (χ1) is 10.1. The number of thiazole rings is 1. The third kappa shape index (κ3) is 3.85. The fourth-order valence-corrected chi connectivity index (χ4v) is 3.73. The molecule has 0 saturated carbocycles. The molecule has 6 nitrogen and oxygen atoms in total. The molecule has 0 spiro atoms. The number of aromatic nitrogens is 3. The van der Waals surface area contributed by atoms with Crippen molar-refractivity contribution < 1.29 is 4.79 Å². The summed E-state index contributed by atoms with van der Waals surface area (Å²) >= 11 is 1.44. The molecule has 0 aromatic carbocycles. The number of aryl methyl sites for hydroxylation is 2. The van der Waals surface area contributed by atoms with Gasteiger partial charge in [-0.3, -0.25) is 9.48 Å². The molecular formula is C14H21Cl2N5OS. The first-order valence-electron chi connectivity index (χ1n) is 7.07. The second-order valence-corrected chi connectivity index (χ2v) is 6.37. The summed E-state index contributed by atoms with van der Waals surface area (Å²) < 4.78 is 1.73. The minimum absolute atomic E-state index is 0. The maximum absolute atomic E-state index is 12.7. The summed E-state index contributed by atoms with van der Waals surface area (Å²) in [5.41, 5.74) is 7.49. The number of nitrogens with zero attached hydrogens (tertiary/aromatic N) is 4. The molecule has 0 bridgehead atoms. The standard InChI is InChI=1S/C14H19N5OS.2ClH/c1-9-12(14(20)19-5-3-4-11(19)6-15)21-13(17-9)10-7-16-18(2)8-10;;/h7-8,11H,3-6,15H2,1-2H3;2*1H. The van der Waals surface area contributed by atoms with Crippen LogP contribution in [0.4, 0.5) is 0 Å². The maximum atomic E-state index is 12.7. The second-order valence-electron chi connectivity index (χ2n) is 5.37. The summed E-state index contributed by atoms with van der Waals surface area (Å²) in [4.78, 5) is 19.8. The molecule has 1 unspecified atom stereocenters. The normalized spacial score (nSPS) is 16.8. The number of likely N-dealkylation sites (tertiary alicyclic amines) is 1. The van der Waals surface area contributed by atoms with Gasteiger partial charge < -0.3 is 10.6 Å². The van der Waals surface area contributed by atoms with Crippen molar-refractivity contribution in [3.8, 4) is 10.6 Å². The summed E-state index contributed by atoms with van der Waals surface area (Å²) in [7, 11) is 1.87. The Morgan fingerprint density at radius 3 is 2.83 bits per heavy atom. The van der Waals surface area contributed by atoms with Gasteiger partial charge in [-0.1, -0.05) is 0 Å². The fraction of sp³-hybridized carbons (Fsp3) is 0.500. The zero-order chi connectivity index (χ0) is 15.0. The van der Waals surface area contributed by atoms with Gasteiger partial charge in [-0.2, -0.15) is 5.10 Å². The highest BCUT2D eigenvalue weighted by molar-refractivity contribution is 7.17. The van der Waals surface area contributed by atoms with Gasteiger partial charge in [-0.15, -0.1) is 36.2 Å². The zero-order valence-corrected chi connectivity index (χ0v) is 15.5. The fourth-order valence-electron chi connectivity index (χ4n) is 2.73. The van der Waals surface area contributed by atoms with Gasteiger partial charge in [0.1, 0.15) is 9.88 Å².